The van der Waals surface area contributed by atoms with Gasteiger partial charge in [0, 0.05) is 24.2 Å². The number of imide groups is 1. The van der Waals surface area contributed by atoms with Gasteiger partial charge in [-0.25, -0.2) is 9.67 Å². The zero-order valence-electron chi connectivity index (χ0n) is 19.4. The molecule has 12 nitrogen and oxygen atoms in total. The molecule has 1 fully saturated rings. The lowest BCUT2D eigenvalue weighted by atomic mass is 10.0. The van der Waals surface area contributed by atoms with Crippen LogP contribution in [0, 0.1) is 0 Å². The van der Waals surface area contributed by atoms with Crippen LogP contribution >= 0.6 is 0 Å². The largest absolute Gasteiger partial charge is 0.344 e. The fourth-order valence-corrected chi connectivity index (χ4v) is 5.03. The fourth-order valence-electron chi connectivity index (χ4n) is 5.03. The van der Waals surface area contributed by atoms with Gasteiger partial charge in [0.1, 0.15) is 11.9 Å². The van der Waals surface area contributed by atoms with E-state index < -0.39 is 11.9 Å². The lowest BCUT2D eigenvalue weighted by molar-refractivity contribution is -0.136. The zero-order chi connectivity index (χ0) is 24.8. The van der Waals surface area contributed by atoms with Gasteiger partial charge in [0.15, 0.2) is 5.69 Å². The van der Waals surface area contributed by atoms with E-state index in [0.717, 1.165) is 48.5 Å². The molecule has 2 aliphatic heterocycles. The van der Waals surface area contributed by atoms with Crippen LogP contribution in [-0.2, 0) is 35.5 Å². The normalized spacial score (nSPS) is 19.2. The summed E-state index contributed by atoms with van der Waals surface area (Å²) >= 11 is 0. The second-order valence-electron chi connectivity index (χ2n) is 9.29. The molecule has 1 aromatic carbocycles. The summed E-state index contributed by atoms with van der Waals surface area (Å²) in [5, 5.41) is 13.1. The van der Waals surface area contributed by atoms with Gasteiger partial charge in [-0.1, -0.05) is 11.3 Å². The molecule has 3 N–H and O–H groups in total. The minimum absolute atomic E-state index is 0.142. The number of aromatic nitrogens is 5. The van der Waals surface area contributed by atoms with E-state index in [9.17, 15) is 19.2 Å². The van der Waals surface area contributed by atoms with Crippen LogP contribution in [0.1, 0.15) is 69.3 Å². The average Bonchev–Trinajstić information content (AvgIpc) is 3.60. The number of carbonyl (C=O) groups excluding carboxylic acids is 4. The first-order chi connectivity index (χ1) is 17.5. The number of nitrogens with one attached hydrogen (secondary N) is 3. The SMILES string of the molecule is O=C1CCC(N2Cc3ccc(-n4cc(C(=O)NCc5nc6c([nH]5)CCCC6)nn4)cc3C2=O)C(=O)N1. The molecule has 1 aliphatic carbocycles. The van der Waals surface area contributed by atoms with Crippen molar-refractivity contribution in [2.45, 2.75) is 57.7 Å². The molecule has 2 aromatic heterocycles. The average molecular weight is 489 g/mol. The number of imidazole rings is 1. The van der Waals surface area contributed by atoms with E-state index in [-0.39, 0.29) is 36.4 Å². The van der Waals surface area contributed by atoms with Gasteiger partial charge >= 0.3 is 0 Å². The highest BCUT2D eigenvalue weighted by Gasteiger charge is 2.39. The molecule has 3 aromatic rings. The second kappa shape index (κ2) is 8.70. The van der Waals surface area contributed by atoms with Crippen LogP contribution in [-0.4, -0.2) is 59.5 Å². The molecule has 12 heteroatoms. The topological polar surface area (TPSA) is 155 Å². The Kier molecular flexibility index (Phi) is 5.35. The van der Waals surface area contributed by atoms with E-state index in [1.807, 2.05) is 0 Å². The van der Waals surface area contributed by atoms with Crippen molar-refractivity contribution in [1.29, 1.82) is 0 Å². The third-order valence-electron chi connectivity index (χ3n) is 6.92. The van der Waals surface area contributed by atoms with E-state index in [4.69, 9.17) is 0 Å². The standard InChI is InChI=1S/C24H24N8O4/c33-21-8-7-19(23(35)28-21)31-11-13-5-6-14(9-15(13)24(31)36)32-12-18(29-30-32)22(34)25-10-20-26-16-3-1-2-4-17(16)27-20/h5-6,9,12,19H,1-4,7-8,10-11H2,(H,25,34)(H,26,27)(H,28,33,35). The van der Waals surface area contributed by atoms with Gasteiger partial charge in [-0.15, -0.1) is 5.10 Å². The van der Waals surface area contributed by atoms with E-state index in [0.29, 0.717) is 24.2 Å². The molecular weight excluding hydrogens is 464 g/mol. The number of benzene rings is 1. The minimum atomic E-state index is -0.674. The number of fused-ring (bicyclic) bond motifs is 2. The monoisotopic (exact) mass is 488 g/mol. The first kappa shape index (κ1) is 22.1. The molecular formula is C24H24N8O4. The maximum absolute atomic E-state index is 13.1. The molecule has 0 saturated carbocycles. The van der Waals surface area contributed by atoms with Crippen molar-refractivity contribution in [1.82, 2.24) is 40.5 Å². The number of H-pyrrole nitrogens is 1. The molecule has 6 rings (SSSR count). The van der Waals surface area contributed by atoms with Crippen molar-refractivity contribution < 1.29 is 19.2 Å². The summed E-state index contributed by atoms with van der Waals surface area (Å²) in [6.07, 6.45) is 6.24. The predicted octanol–water partition coefficient (Wildman–Crippen LogP) is 0.560. The third kappa shape index (κ3) is 3.93. The predicted molar refractivity (Wildman–Crippen MR) is 124 cm³/mol. The number of aryl methyl sites for hydroxylation is 2. The molecule has 0 bridgehead atoms. The van der Waals surface area contributed by atoms with E-state index in [2.05, 4.69) is 30.9 Å². The van der Waals surface area contributed by atoms with Gasteiger partial charge in [0.2, 0.25) is 11.8 Å². The smallest absolute Gasteiger partial charge is 0.273 e. The van der Waals surface area contributed by atoms with Gasteiger partial charge in [-0.3, -0.25) is 24.5 Å². The summed E-state index contributed by atoms with van der Waals surface area (Å²) in [4.78, 5) is 58.7. The molecule has 1 unspecified atom stereocenters. The van der Waals surface area contributed by atoms with Crippen LogP contribution in [0.4, 0.5) is 0 Å². The molecule has 3 aliphatic rings. The molecule has 4 heterocycles. The van der Waals surface area contributed by atoms with Gasteiger partial charge in [0.05, 0.1) is 24.1 Å². The summed E-state index contributed by atoms with van der Waals surface area (Å²) in [5.41, 5.74) is 4.19. The Hall–Kier alpha value is -4.35. The maximum atomic E-state index is 13.1. The zero-order valence-corrected chi connectivity index (χ0v) is 19.4. The van der Waals surface area contributed by atoms with Crippen LogP contribution in [0.3, 0.4) is 0 Å². The number of hydrogen-bond acceptors (Lipinski definition) is 7. The Morgan fingerprint density at radius 2 is 2.00 bits per heavy atom. The van der Waals surface area contributed by atoms with Crippen molar-refractivity contribution in [2.24, 2.45) is 0 Å². The minimum Gasteiger partial charge on any atom is -0.344 e. The Morgan fingerprint density at radius 1 is 1.14 bits per heavy atom. The van der Waals surface area contributed by atoms with Gasteiger partial charge in [-0.05, 0) is 49.8 Å². The summed E-state index contributed by atoms with van der Waals surface area (Å²) < 4.78 is 1.43. The maximum Gasteiger partial charge on any atom is 0.273 e. The number of nitrogens with zero attached hydrogens (tertiary/aromatic N) is 5. The van der Waals surface area contributed by atoms with Crippen molar-refractivity contribution in [2.75, 3.05) is 0 Å². The molecule has 1 saturated heterocycles. The van der Waals surface area contributed by atoms with Crippen LogP contribution in [0.5, 0.6) is 0 Å². The number of piperidine rings is 1. The number of carbonyl (C=O) groups is 4. The summed E-state index contributed by atoms with van der Waals surface area (Å²) in [5.74, 6) is -0.705. The van der Waals surface area contributed by atoms with Crippen LogP contribution < -0.4 is 10.6 Å². The summed E-state index contributed by atoms with van der Waals surface area (Å²) in [6, 6.07) is 4.58. The Balaban J connectivity index is 1.13. The van der Waals surface area contributed by atoms with Crippen molar-refractivity contribution >= 4 is 23.6 Å². The lowest BCUT2D eigenvalue weighted by Crippen LogP contribution is -2.52. The van der Waals surface area contributed by atoms with Crippen molar-refractivity contribution in [3.05, 3.63) is 58.4 Å². The highest BCUT2D eigenvalue weighted by Crippen LogP contribution is 2.29. The molecule has 0 spiro atoms. The Labute approximate surface area is 205 Å². The molecule has 184 valence electrons. The number of amides is 4. The fraction of sp³-hybridized carbons (Fsp3) is 0.375. The molecule has 36 heavy (non-hydrogen) atoms. The molecule has 1 atom stereocenters. The third-order valence-corrected chi connectivity index (χ3v) is 6.92. The van der Waals surface area contributed by atoms with Crippen LogP contribution in [0.2, 0.25) is 0 Å². The quantitative estimate of drug-likeness (QED) is 0.443. The van der Waals surface area contributed by atoms with E-state index in [1.54, 1.807) is 18.2 Å². The van der Waals surface area contributed by atoms with Gasteiger partial charge < -0.3 is 15.2 Å². The molecule has 0 radical (unpaired) electrons. The second-order valence-corrected chi connectivity index (χ2v) is 9.29. The van der Waals surface area contributed by atoms with E-state index in [1.165, 1.54) is 15.8 Å². The van der Waals surface area contributed by atoms with Crippen molar-refractivity contribution in [3.8, 4) is 5.69 Å². The highest BCUT2D eigenvalue weighted by atomic mass is 16.2. The summed E-state index contributed by atoms with van der Waals surface area (Å²) in [7, 11) is 0. The summed E-state index contributed by atoms with van der Waals surface area (Å²) in [6.45, 7) is 0.560. The Bertz CT molecular complexity index is 1380. The van der Waals surface area contributed by atoms with Gasteiger partial charge in [-0.2, -0.15) is 0 Å². The lowest BCUT2D eigenvalue weighted by Gasteiger charge is -2.29. The number of aromatic amines is 1. The Morgan fingerprint density at radius 3 is 2.83 bits per heavy atom. The molecule has 4 amide bonds. The van der Waals surface area contributed by atoms with Gasteiger partial charge in [0.25, 0.3) is 11.8 Å². The van der Waals surface area contributed by atoms with Crippen LogP contribution in [0.15, 0.2) is 24.4 Å². The highest BCUT2D eigenvalue weighted by molar-refractivity contribution is 6.05. The van der Waals surface area contributed by atoms with Crippen molar-refractivity contribution in [3.63, 3.8) is 0 Å². The number of rotatable bonds is 5. The van der Waals surface area contributed by atoms with Crippen LogP contribution in [0.25, 0.3) is 5.69 Å². The van der Waals surface area contributed by atoms with E-state index >= 15 is 0 Å². The number of hydrogen-bond donors (Lipinski definition) is 3. The first-order valence-corrected chi connectivity index (χ1v) is 12.0. The first-order valence-electron chi connectivity index (χ1n) is 12.0.